The number of nitrogens with zero attached hydrogens (tertiary/aromatic N) is 2. The normalized spacial score (nSPS) is 11.1. The van der Waals surface area contributed by atoms with Gasteiger partial charge in [-0.05, 0) is 55.8 Å². The number of sulfonamides is 1. The van der Waals surface area contributed by atoms with Crippen LogP contribution in [0, 0.1) is 0 Å². The van der Waals surface area contributed by atoms with Gasteiger partial charge in [0.25, 0.3) is 5.91 Å². The predicted molar refractivity (Wildman–Crippen MR) is 111 cm³/mol. The molecular weight excluding hydrogens is 362 g/mol. The lowest BCUT2D eigenvalue weighted by Crippen LogP contribution is -2.25. The quantitative estimate of drug-likeness (QED) is 0.754. The zero-order valence-corrected chi connectivity index (χ0v) is 17.1. The molecule has 6 nitrogen and oxygen atoms in total. The van der Waals surface area contributed by atoms with Gasteiger partial charge in [0.15, 0.2) is 0 Å². The van der Waals surface area contributed by atoms with Crippen molar-refractivity contribution in [1.29, 1.82) is 0 Å². The molecule has 146 valence electrons. The van der Waals surface area contributed by atoms with E-state index < -0.39 is 10.0 Å². The third-order valence-electron chi connectivity index (χ3n) is 4.51. The highest BCUT2D eigenvalue weighted by molar-refractivity contribution is 7.92. The van der Waals surface area contributed by atoms with Crippen molar-refractivity contribution < 1.29 is 13.2 Å². The molecule has 0 radical (unpaired) electrons. The number of hydrogen-bond donors (Lipinski definition) is 1. The van der Waals surface area contributed by atoms with Crippen molar-refractivity contribution in [2.24, 2.45) is 0 Å². The molecule has 0 aliphatic rings. The highest BCUT2D eigenvalue weighted by Gasteiger charge is 2.13. The van der Waals surface area contributed by atoms with E-state index in [9.17, 15) is 13.2 Å². The maximum Gasteiger partial charge on any atom is 0.251 e. The SMILES string of the molecule is CCN(CC)c1ccc(CNC(=O)c2ccc(N(C)S(C)(=O)=O)cc2)cc1. The van der Waals surface area contributed by atoms with Gasteiger partial charge in [0.1, 0.15) is 0 Å². The Morgan fingerprint density at radius 2 is 1.44 bits per heavy atom. The summed E-state index contributed by atoms with van der Waals surface area (Å²) >= 11 is 0. The van der Waals surface area contributed by atoms with Gasteiger partial charge in [0.05, 0.1) is 11.9 Å². The number of anilines is 2. The molecular formula is C20H27N3O3S. The minimum atomic E-state index is -3.32. The van der Waals surface area contributed by atoms with E-state index in [1.165, 1.54) is 17.0 Å². The summed E-state index contributed by atoms with van der Waals surface area (Å²) in [5, 5.41) is 2.89. The first-order valence-electron chi connectivity index (χ1n) is 8.92. The molecule has 0 fully saturated rings. The van der Waals surface area contributed by atoms with Gasteiger partial charge >= 0.3 is 0 Å². The summed E-state index contributed by atoms with van der Waals surface area (Å²) in [7, 11) is -1.84. The summed E-state index contributed by atoms with van der Waals surface area (Å²) in [6, 6.07) is 14.6. The Kier molecular flexibility index (Phi) is 6.85. The fourth-order valence-corrected chi connectivity index (χ4v) is 3.22. The molecule has 0 atom stereocenters. The van der Waals surface area contributed by atoms with Crippen molar-refractivity contribution in [1.82, 2.24) is 5.32 Å². The van der Waals surface area contributed by atoms with Gasteiger partial charge in [0, 0.05) is 37.9 Å². The van der Waals surface area contributed by atoms with Crippen molar-refractivity contribution in [3.05, 3.63) is 59.7 Å². The van der Waals surface area contributed by atoms with Crippen LogP contribution in [-0.4, -0.2) is 40.7 Å². The molecule has 2 aromatic carbocycles. The Labute approximate surface area is 161 Å². The van der Waals surface area contributed by atoms with Crippen molar-refractivity contribution in [3.63, 3.8) is 0 Å². The van der Waals surface area contributed by atoms with Crippen LogP contribution in [0.25, 0.3) is 0 Å². The van der Waals surface area contributed by atoms with Crippen LogP contribution < -0.4 is 14.5 Å². The van der Waals surface area contributed by atoms with Crippen LogP contribution in [0.2, 0.25) is 0 Å². The summed E-state index contributed by atoms with van der Waals surface area (Å²) in [6.07, 6.45) is 1.14. The second-order valence-corrected chi connectivity index (χ2v) is 8.31. The van der Waals surface area contributed by atoms with Crippen molar-refractivity contribution >= 4 is 27.3 Å². The van der Waals surface area contributed by atoms with E-state index in [4.69, 9.17) is 0 Å². The van der Waals surface area contributed by atoms with Crippen LogP contribution >= 0.6 is 0 Å². The second kappa shape index (κ2) is 8.90. The van der Waals surface area contributed by atoms with Gasteiger partial charge in [-0.2, -0.15) is 0 Å². The fourth-order valence-electron chi connectivity index (χ4n) is 2.71. The summed E-state index contributed by atoms with van der Waals surface area (Å²) < 4.78 is 24.3. The first-order valence-corrected chi connectivity index (χ1v) is 10.8. The molecule has 0 heterocycles. The van der Waals surface area contributed by atoms with E-state index in [0.717, 1.165) is 24.9 Å². The summed E-state index contributed by atoms with van der Waals surface area (Å²) in [4.78, 5) is 14.6. The van der Waals surface area contributed by atoms with E-state index in [0.29, 0.717) is 17.8 Å². The fraction of sp³-hybridized carbons (Fsp3) is 0.350. The number of rotatable bonds is 8. The van der Waals surface area contributed by atoms with Gasteiger partial charge in [-0.15, -0.1) is 0 Å². The maximum atomic E-state index is 12.3. The number of amides is 1. The van der Waals surface area contributed by atoms with Crippen LogP contribution in [0.3, 0.4) is 0 Å². The predicted octanol–water partition coefficient (Wildman–Crippen LogP) is 2.86. The Morgan fingerprint density at radius 3 is 1.93 bits per heavy atom. The van der Waals surface area contributed by atoms with Gasteiger partial charge in [-0.3, -0.25) is 9.10 Å². The lowest BCUT2D eigenvalue weighted by molar-refractivity contribution is 0.0951. The minimum absolute atomic E-state index is 0.198. The lowest BCUT2D eigenvalue weighted by atomic mass is 10.1. The van der Waals surface area contributed by atoms with Crippen LogP contribution in [0.15, 0.2) is 48.5 Å². The molecule has 0 bridgehead atoms. The Balaban J connectivity index is 1.97. The molecule has 2 aromatic rings. The summed E-state index contributed by atoms with van der Waals surface area (Å²) in [5.41, 5.74) is 3.19. The number of hydrogen-bond acceptors (Lipinski definition) is 4. The Morgan fingerprint density at radius 1 is 0.926 bits per heavy atom. The molecule has 0 spiro atoms. The zero-order chi connectivity index (χ0) is 20.0. The van der Waals surface area contributed by atoms with Crippen molar-refractivity contribution in [2.75, 3.05) is 35.6 Å². The number of carbonyl (C=O) groups excluding carboxylic acids is 1. The molecule has 0 aromatic heterocycles. The van der Waals surface area contributed by atoms with Crippen LogP contribution in [0.4, 0.5) is 11.4 Å². The lowest BCUT2D eigenvalue weighted by Gasteiger charge is -2.21. The largest absolute Gasteiger partial charge is 0.372 e. The average Bonchev–Trinajstić information content (AvgIpc) is 2.67. The molecule has 0 aliphatic heterocycles. The zero-order valence-electron chi connectivity index (χ0n) is 16.3. The molecule has 1 amide bonds. The molecule has 27 heavy (non-hydrogen) atoms. The van der Waals surface area contributed by atoms with Crippen LogP contribution in [0.1, 0.15) is 29.8 Å². The maximum absolute atomic E-state index is 12.3. The minimum Gasteiger partial charge on any atom is -0.372 e. The third kappa shape index (κ3) is 5.47. The number of nitrogens with one attached hydrogen (secondary N) is 1. The summed E-state index contributed by atoms with van der Waals surface area (Å²) in [5.74, 6) is -0.198. The van der Waals surface area contributed by atoms with Crippen molar-refractivity contribution in [2.45, 2.75) is 20.4 Å². The van der Waals surface area contributed by atoms with Crippen LogP contribution in [-0.2, 0) is 16.6 Å². The van der Waals surface area contributed by atoms with Crippen LogP contribution in [0.5, 0.6) is 0 Å². The number of carbonyl (C=O) groups is 1. The molecule has 7 heteroatoms. The van der Waals surface area contributed by atoms with Gasteiger partial charge in [-0.1, -0.05) is 12.1 Å². The highest BCUT2D eigenvalue weighted by atomic mass is 32.2. The van der Waals surface area contributed by atoms with E-state index >= 15 is 0 Å². The Bertz CT molecular complexity index is 858. The smallest absolute Gasteiger partial charge is 0.251 e. The standard InChI is InChI=1S/C20H27N3O3S/c1-5-23(6-2)19-11-7-16(8-12-19)15-21-20(24)17-9-13-18(14-10-17)22(3)27(4,25)26/h7-14H,5-6,15H2,1-4H3,(H,21,24). The van der Waals surface area contributed by atoms with E-state index in [1.807, 2.05) is 12.1 Å². The number of benzene rings is 2. The molecule has 0 saturated carbocycles. The Hall–Kier alpha value is -2.54. The van der Waals surface area contributed by atoms with Gasteiger partial charge < -0.3 is 10.2 Å². The van der Waals surface area contributed by atoms with E-state index in [-0.39, 0.29) is 5.91 Å². The second-order valence-electron chi connectivity index (χ2n) is 6.30. The topological polar surface area (TPSA) is 69.7 Å². The monoisotopic (exact) mass is 389 g/mol. The molecule has 1 N–H and O–H groups in total. The molecule has 0 saturated heterocycles. The van der Waals surface area contributed by atoms with Gasteiger partial charge in [0.2, 0.25) is 10.0 Å². The van der Waals surface area contributed by atoms with Gasteiger partial charge in [-0.25, -0.2) is 8.42 Å². The van der Waals surface area contributed by atoms with E-state index in [1.54, 1.807) is 24.3 Å². The molecule has 0 aliphatic carbocycles. The average molecular weight is 390 g/mol. The highest BCUT2D eigenvalue weighted by Crippen LogP contribution is 2.17. The first kappa shape index (κ1) is 20.8. The summed E-state index contributed by atoms with van der Waals surface area (Å²) in [6.45, 7) is 6.59. The third-order valence-corrected chi connectivity index (χ3v) is 5.71. The first-order chi connectivity index (χ1) is 12.8. The molecule has 0 unspecified atom stereocenters. The molecule has 2 rings (SSSR count). The van der Waals surface area contributed by atoms with E-state index in [2.05, 4.69) is 36.2 Å². The van der Waals surface area contributed by atoms with Crippen molar-refractivity contribution in [3.8, 4) is 0 Å².